The third kappa shape index (κ3) is 2.54. The van der Waals surface area contributed by atoms with E-state index in [0.717, 1.165) is 0 Å². The van der Waals surface area contributed by atoms with Gasteiger partial charge in [0.05, 0.1) is 0 Å². The van der Waals surface area contributed by atoms with Gasteiger partial charge >= 0.3 is 0 Å². The molecule has 0 aromatic heterocycles. The van der Waals surface area contributed by atoms with Crippen molar-refractivity contribution in [2.24, 2.45) is 11.5 Å². The van der Waals surface area contributed by atoms with Gasteiger partial charge in [-0.05, 0) is 13.0 Å². The molecule has 0 aromatic carbocycles. The molecule has 8 heavy (non-hydrogen) atoms. The van der Waals surface area contributed by atoms with E-state index in [1.54, 1.807) is 0 Å². The van der Waals surface area contributed by atoms with Gasteiger partial charge in [0.15, 0.2) is 0 Å². The Kier molecular flexibility index (Phi) is 3.14. The SMILES string of the molecule is NCC[C@@H](O)C(N)=O. The average Bonchev–Trinajstić information content (AvgIpc) is 1.67. The first kappa shape index (κ1) is 7.39. The zero-order valence-corrected chi connectivity index (χ0v) is 4.50. The molecule has 0 aliphatic carbocycles. The monoisotopic (exact) mass is 118 g/mol. The molecular formula is C4H10N2O2. The van der Waals surface area contributed by atoms with E-state index in [9.17, 15) is 4.79 Å². The minimum Gasteiger partial charge on any atom is -0.383 e. The first-order valence-electron chi connectivity index (χ1n) is 2.36. The van der Waals surface area contributed by atoms with Gasteiger partial charge in [0, 0.05) is 0 Å². The van der Waals surface area contributed by atoms with Gasteiger partial charge in [-0.3, -0.25) is 4.79 Å². The lowest BCUT2D eigenvalue weighted by atomic mass is 10.2. The zero-order chi connectivity index (χ0) is 6.57. The molecule has 0 saturated heterocycles. The van der Waals surface area contributed by atoms with Gasteiger partial charge in [-0.2, -0.15) is 0 Å². The number of rotatable bonds is 3. The van der Waals surface area contributed by atoms with Crippen molar-refractivity contribution >= 4 is 5.91 Å². The first-order valence-corrected chi connectivity index (χ1v) is 2.36. The molecule has 0 fully saturated rings. The van der Waals surface area contributed by atoms with Gasteiger partial charge in [-0.25, -0.2) is 0 Å². The summed E-state index contributed by atoms with van der Waals surface area (Å²) in [7, 11) is 0. The van der Waals surface area contributed by atoms with Gasteiger partial charge in [-0.15, -0.1) is 0 Å². The fraction of sp³-hybridized carbons (Fsp3) is 0.750. The lowest BCUT2D eigenvalue weighted by molar-refractivity contribution is -0.126. The third-order valence-electron chi connectivity index (χ3n) is 0.769. The lowest BCUT2D eigenvalue weighted by Crippen LogP contribution is -2.30. The van der Waals surface area contributed by atoms with Crippen molar-refractivity contribution in [3.05, 3.63) is 0 Å². The molecule has 0 aliphatic rings. The molecule has 4 heteroatoms. The van der Waals surface area contributed by atoms with Crippen LogP contribution < -0.4 is 11.5 Å². The normalized spacial score (nSPS) is 13.2. The summed E-state index contributed by atoms with van der Waals surface area (Å²) in [6.07, 6.45) is -0.824. The Bertz CT molecular complexity index is 84.1. The molecule has 0 heterocycles. The third-order valence-corrected chi connectivity index (χ3v) is 0.769. The fourth-order valence-corrected chi connectivity index (χ4v) is 0.300. The van der Waals surface area contributed by atoms with E-state index in [1.807, 2.05) is 0 Å². The van der Waals surface area contributed by atoms with Gasteiger partial charge < -0.3 is 16.6 Å². The van der Waals surface area contributed by atoms with Crippen LogP contribution >= 0.6 is 0 Å². The summed E-state index contributed by atoms with van der Waals surface area (Å²) in [5.74, 6) is -0.713. The molecule has 1 amide bonds. The second-order valence-electron chi connectivity index (χ2n) is 1.50. The second-order valence-corrected chi connectivity index (χ2v) is 1.50. The summed E-state index contributed by atoms with van der Waals surface area (Å²) < 4.78 is 0. The van der Waals surface area contributed by atoms with Crippen LogP contribution in [0.4, 0.5) is 0 Å². The van der Waals surface area contributed by atoms with E-state index in [1.165, 1.54) is 0 Å². The highest BCUT2D eigenvalue weighted by atomic mass is 16.3. The molecule has 0 aromatic rings. The summed E-state index contributed by atoms with van der Waals surface area (Å²) in [5.41, 5.74) is 9.68. The van der Waals surface area contributed by atoms with Gasteiger partial charge in [0.25, 0.3) is 0 Å². The smallest absolute Gasteiger partial charge is 0.246 e. The van der Waals surface area contributed by atoms with Crippen LogP contribution in [-0.2, 0) is 4.79 Å². The lowest BCUT2D eigenvalue weighted by Gasteiger charge is -2.00. The molecule has 0 unspecified atom stereocenters. The van der Waals surface area contributed by atoms with Gasteiger partial charge in [0.2, 0.25) is 5.91 Å². The highest BCUT2D eigenvalue weighted by molar-refractivity contribution is 5.78. The Morgan fingerprint density at radius 1 is 1.75 bits per heavy atom. The number of nitrogens with two attached hydrogens (primary N) is 2. The van der Waals surface area contributed by atoms with E-state index in [4.69, 9.17) is 10.8 Å². The van der Waals surface area contributed by atoms with Crippen molar-refractivity contribution in [1.82, 2.24) is 0 Å². The molecule has 1 atom stereocenters. The predicted molar refractivity (Wildman–Crippen MR) is 28.9 cm³/mol. The Hall–Kier alpha value is -0.610. The Labute approximate surface area is 47.5 Å². The Morgan fingerprint density at radius 2 is 2.25 bits per heavy atom. The Morgan fingerprint density at radius 3 is 2.38 bits per heavy atom. The van der Waals surface area contributed by atoms with Crippen molar-refractivity contribution < 1.29 is 9.90 Å². The maximum atomic E-state index is 10.0. The summed E-state index contributed by atoms with van der Waals surface area (Å²) in [5, 5.41) is 8.57. The highest BCUT2D eigenvalue weighted by Crippen LogP contribution is 1.84. The average molecular weight is 118 g/mol. The quantitative estimate of drug-likeness (QED) is 0.407. The van der Waals surface area contributed by atoms with Crippen molar-refractivity contribution in [3.8, 4) is 0 Å². The molecule has 0 rings (SSSR count). The van der Waals surface area contributed by atoms with Crippen LogP contribution in [0, 0.1) is 0 Å². The molecule has 0 spiro atoms. The number of hydrogen-bond acceptors (Lipinski definition) is 3. The molecule has 0 bridgehead atoms. The summed E-state index contributed by atoms with van der Waals surface area (Å²) in [6.45, 7) is 0.282. The van der Waals surface area contributed by atoms with Crippen molar-refractivity contribution in [2.75, 3.05) is 6.54 Å². The number of hydrogen-bond donors (Lipinski definition) is 3. The van der Waals surface area contributed by atoms with Crippen LogP contribution in [0.2, 0.25) is 0 Å². The summed E-state index contributed by atoms with van der Waals surface area (Å²) >= 11 is 0. The first-order chi connectivity index (χ1) is 3.68. The fourth-order valence-electron chi connectivity index (χ4n) is 0.300. The molecule has 0 saturated carbocycles. The van der Waals surface area contributed by atoms with E-state index < -0.39 is 12.0 Å². The van der Waals surface area contributed by atoms with E-state index >= 15 is 0 Å². The van der Waals surface area contributed by atoms with Crippen LogP contribution in [0.15, 0.2) is 0 Å². The molecule has 4 nitrogen and oxygen atoms in total. The second kappa shape index (κ2) is 3.40. The zero-order valence-electron chi connectivity index (χ0n) is 4.50. The number of carbonyl (C=O) groups excluding carboxylic acids is 1. The van der Waals surface area contributed by atoms with Crippen LogP contribution in [0.1, 0.15) is 6.42 Å². The number of carbonyl (C=O) groups is 1. The maximum Gasteiger partial charge on any atom is 0.246 e. The van der Waals surface area contributed by atoms with Crippen LogP contribution in [0.5, 0.6) is 0 Å². The minimum absolute atomic E-state index is 0.245. The Balaban J connectivity index is 3.32. The topological polar surface area (TPSA) is 89.3 Å². The van der Waals surface area contributed by atoms with E-state index in [0.29, 0.717) is 0 Å². The number of aliphatic hydroxyl groups excluding tert-OH is 1. The summed E-state index contributed by atoms with van der Waals surface area (Å²) in [6, 6.07) is 0. The molecule has 0 radical (unpaired) electrons. The van der Waals surface area contributed by atoms with E-state index in [2.05, 4.69) is 5.73 Å². The van der Waals surface area contributed by atoms with Crippen molar-refractivity contribution in [2.45, 2.75) is 12.5 Å². The molecule has 0 aliphatic heterocycles. The number of primary amides is 1. The predicted octanol–water partition coefficient (Wildman–Crippen LogP) is -1.82. The minimum atomic E-state index is -1.07. The molecule has 48 valence electrons. The number of aliphatic hydroxyl groups is 1. The van der Waals surface area contributed by atoms with Gasteiger partial charge in [0.1, 0.15) is 6.10 Å². The van der Waals surface area contributed by atoms with Crippen LogP contribution in [0.3, 0.4) is 0 Å². The van der Waals surface area contributed by atoms with Crippen LogP contribution in [-0.4, -0.2) is 23.7 Å². The standard InChI is InChI=1S/C4H10N2O2/c5-2-1-3(7)4(6)8/h3,7H,1-2,5H2,(H2,6,8)/t3-/m1/s1. The van der Waals surface area contributed by atoms with Crippen molar-refractivity contribution in [1.29, 1.82) is 0 Å². The van der Waals surface area contributed by atoms with Crippen LogP contribution in [0.25, 0.3) is 0 Å². The van der Waals surface area contributed by atoms with Gasteiger partial charge in [-0.1, -0.05) is 0 Å². The largest absolute Gasteiger partial charge is 0.383 e. The molecule has 5 N–H and O–H groups in total. The summed E-state index contributed by atoms with van der Waals surface area (Å²) in [4.78, 5) is 10.0. The van der Waals surface area contributed by atoms with Crippen molar-refractivity contribution in [3.63, 3.8) is 0 Å². The molecular weight excluding hydrogens is 108 g/mol. The van der Waals surface area contributed by atoms with E-state index in [-0.39, 0.29) is 13.0 Å². The highest BCUT2D eigenvalue weighted by Gasteiger charge is 2.07. The maximum absolute atomic E-state index is 10.0. The number of amides is 1.